The van der Waals surface area contributed by atoms with Gasteiger partial charge >= 0.3 is 0 Å². The summed E-state index contributed by atoms with van der Waals surface area (Å²) in [5, 5.41) is 13.6. The second-order valence-electron chi connectivity index (χ2n) is 5.74. The number of imidazole rings is 1. The van der Waals surface area contributed by atoms with Crippen molar-refractivity contribution < 1.29 is 23.9 Å². The van der Waals surface area contributed by atoms with Crippen LogP contribution in [0.2, 0.25) is 0 Å². The largest absolute Gasteiger partial charge is 0.493 e. The maximum Gasteiger partial charge on any atom is 0.271 e. The molecule has 0 spiro atoms. The Labute approximate surface area is 159 Å². The van der Waals surface area contributed by atoms with Crippen LogP contribution in [-0.4, -0.2) is 42.1 Å². The first-order valence-electron chi connectivity index (χ1n) is 8.18. The van der Waals surface area contributed by atoms with E-state index in [4.69, 9.17) is 14.2 Å². The molecule has 1 aromatic heterocycles. The molecule has 2 aromatic carbocycles. The highest BCUT2D eigenvalue weighted by molar-refractivity contribution is 5.95. The normalized spacial score (nSPS) is 10.5. The lowest BCUT2D eigenvalue weighted by Gasteiger charge is -2.13. The van der Waals surface area contributed by atoms with Gasteiger partial charge in [0.05, 0.1) is 43.8 Å². The molecule has 10 heteroatoms. The number of nitrogens with zero attached hydrogens (tertiary/aromatic N) is 2. The van der Waals surface area contributed by atoms with E-state index in [1.165, 1.54) is 33.5 Å². The van der Waals surface area contributed by atoms with Crippen LogP contribution >= 0.6 is 0 Å². The standard InChI is InChI=1S/C18H18N4O6/c1-26-14-6-10(7-15(27-2)17(14)28-3)18(23)19-9-16-20-12-5-4-11(22(24)25)8-13(12)21-16/h4-8H,9H2,1-3H3,(H,19,23)(H,20,21). The molecule has 0 aliphatic rings. The summed E-state index contributed by atoms with van der Waals surface area (Å²) in [5.41, 5.74) is 1.37. The number of methoxy groups -OCH3 is 3. The summed E-state index contributed by atoms with van der Waals surface area (Å²) in [6, 6.07) is 7.40. The topological polar surface area (TPSA) is 129 Å². The molecule has 3 rings (SSSR count). The maximum atomic E-state index is 12.5. The molecule has 0 fully saturated rings. The van der Waals surface area contributed by atoms with Crippen molar-refractivity contribution in [2.45, 2.75) is 6.54 Å². The van der Waals surface area contributed by atoms with Crippen LogP contribution in [0.25, 0.3) is 11.0 Å². The Bertz CT molecular complexity index is 1020. The van der Waals surface area contributed by atoms with Crippen molar-refractivity contribution in [3.8, 4) is 17.2 Å². The van der Waals surface area contributed by atoms with E-state index in [0.29, 0.717) is 39.7 Å². The molecule has 0 aliphatic carbocycles. The van der Waals surface area contributed by atoms with Gasteiger partial charge in [0.25, 0.3) is 11.6 Å². The minimum atomic E-state index is -0.480. The van der Waals surface area contributed by atoms with E-state index in [-0.39, 0.29) is 18.1 Å². The fourth-order valence-corrected chi connectivity index (χ4v) is 2.73. The minimum Gasteiger partial charge on any atom is -0.493 e. The number of aromatic nitrogens is 2. The molecular formula is C18H18N4O6. The number of rotatable bonds is 7. The van der Waals surface area contributed by atoms with Gasteiger partial charge in [-0.3, -0.25) is 14.9 Å². The van der Waals surface area contributed by atoms with Crippen molar-refractivity contribution in [1.29, 1.82) is 0 Å². The van der Waals surface area contributed by atoms with Crippen molar-refractivity contribution in [3.63, 3.8) is 0 Å². The molecular weight excluding hydrogens is 368 g/mol. The second kappa shape index (κ2) is 7.82. The fourth-order valence-electron chi connectivity index (χ4n) is 2.73. The highest BCUT2D eigenvalue weighted by atomic mass is 16.6. The Kier molecular flexibility index (Phi) is 5.30. The number of fused-ring (bicyclic) bond motifs is 1. The molecule has 0 saturated carbocycles. The molecule has 28 heavy (non-hydrogen) atoms. The number of nitro benzene ring substituents is 1. The summed E-state index contributed by atoms with van der Waals surface area (Å²) >= 11 is 0. The zero-order chi connectivity index (χ0) is 20.3. The number of amides is 1. The van der Waals surface area contributed by atoms with Gasteiger partial charge in [0.2, 0.25) is 5.75 Å². The van der Waals surface area contributed by atoms with Crippen molar-refractivity contribution in [2.24, 2.45) is 0 Å². The lowest BCUT2D eigenvalue weighted by Crippen LogP contribution is -2.23. The van der Waals surface area contributed by atoms with Crippen LogP contribution in [0.3, 0.4) is 0 Å². The Morgan fingerprint density at radius 1 is 1.14 bits per heavy atom. The number of nitrogens with one attached hydrogen (secondary N) is 2. The predicted molar refractivity (Wildman–Crippen MR) is 100 cm³/mol. The number of benzene rings is 2. The third-order valence-corrected chi connectivity index (χ3v) is 4.07. The first-order chi connectivity index (χ1) is 13.5. The van der Waals surface area contributed by atoms with Gasteiger partial charge in [-0.2, -0.15) is 0 Å². The zero-order valence-electron chi connectivity index (χ0n) is 15.4. The molecule has 0 aliphatic heterocycles. The average molecular weight is 386 g/mol. The highest BCUT2D eigenvalue weighted by Crippen LogP contribution is 2.38. The highest BCUT2D eigenvalue weighted by Gasteiger charge is 2.17. The number of non-ortho nitro benzene ring substituents is 1. The SMILES string of the molecule is COc1cc(C(=O)NCc2nc3ccc([N+](=O)[O-])cc3[nH]2)cc(OC)c1OC. The average Bonchev–Trinajstić information content (AvgIpc) is 3.12. The van der Waals surface area contributed by atoms with Crippen molar-refractivity contribution in [3.05, 3.63) is 51.8 Å². The molecule has 0 unspecified atom stereocenters. The Morgan fingerprint density at radius 3 is 2.39 bits per heavy atom. The number of carbonyl (C=O) groups excluding carboxylic acids is 1. The summed E-state index contributed by atoms with van der Waals surface area (Å²) in [7, 11) is 4.41. The minimum absolute atomic E-state index is 0.0378. The van der Waals surface area contributed by atoms with Crippen molar-refractivity contribution >= 4 is 22.6 Å². The quantitative estimate of drug-likeness (QED) is 0.471. The van der Waals surface area contributed by atoms with Gasteiger partial charge in [-0.25, -0.2) is 4.98 Å². The lowest BCUT2D eigenvalue weighted by molar-refractivity contribution is -0.384. The van der Waals surface area contributed by atoms with Gasteiger partial charge in [0.15, 0.2) is 11.5 Å². The zero-order valence-corrected chi connectivity index (χ0v) is 15.4. The fraction of sp³-hybridized carbons (Fsp3) is 0.222. The number of aromatic amines is 1. The van der Waals surface area contributed by atoms with Crippen LogP contribution in [0.15, 0.2) is 30.3 Å². The summed E-state index contributed by atoms with van der Waals surface area (Å²) in [4.78, 5) is 30.2. The number of H-pyrrole nitrogens is 1. The lowest BCUT2D eigenvalue weighted by atomic mass is 10.1. The smallest absolute Gasteiger partial charge is 0.271 e. The van der Waals surface area contributed by atoms with Gasteiger partial charge in [-0.1, -0.05) is 0 Å². The van der Waals surface area contributed by atoms with E-state index >= 15 is 0 Å². The number of carbonyl (C=O) groups is 1. The van der Waals surface area contributed by atoms with Crippen molar-refractivity contribution in [2.75, 3.05) is 21.3 Å². The molecule has 0 bridgehead atoms. The van der Waals surface area contributed by atoms with Crippen LogP contribution in [0, 0.1) is 10.1 Å². The number of nitro groups is 1. The molecule has 3 aromatic rings. The molecule has 0 saturated heterocycles. The van der Waals surface area contributed by atoms with Crippen LogP contribution in [-0.2, 0) is 6.54 Å². The maximum absolute atomic E-state index is 12.5. The van der Waals surface area contributed by atoms with Gasteiger partial charge in [-0.05, 0) is 18.2 Å². The van der Waals surface area contributed by atoms with E-state index in [1.807, 2.05) is 0 Å². The Balaban J connectivity index is 1.78. The second-order valence-corrected chi connectivity index (χ2v) is 5.74. The van der Waals surface area contributed by atoms with Crippen molar-refractivity contribution in [1.82, 2.24) is 15.3 Å². The van der Waals surface area contributed by atoms with Crippen LogP contribution in [0.5, 0.6) is 17.2 Å². The summed E-state index contributed by atoms with van der Waals surface area (Å²) < 4.78 is 15.7. The number of ether oxygens (including phenoxy) is 3. The third kappa shape index (κ3) is 3.65. The molecule has 0 atom stereocenters. The van der Waals surface area contributed by atoms with Crippen LogP contribution < -0.4 is 19.5 Å². The Morgan fingerprint density at radius 2 is 1.82 bits per heavy atom. The van der Waals surface area contributed by atoms with Crippen LogP contribution in [0.4, 0.5) is 5.69 Å². The first-order valence-corrected chi connectivity index (χ1v) is 8.18. The van der Waals surface area contributed by atoms with Gasteiger partial charge < -0.3 is 24.5 Å². The van der Waals surface area contributed by atoms with E-state index in [0.717, 1.165) is 0 Å². The summed E-state index contributed by atoms with van der Waals surface area (Å²) in [6.07, 6.45) is 0. The van der Waals surface area contributed by atoms with E-state index < -0.39 is 4.92 Å². The number of hydrogen-bond donors (Lipinski definition) is 2. The molecule has 1 heterocycles. The van der Waals surface area contributed by atoms with Gasteiger partial charge in [-0.15, -0.1) is 0 Å². The number of hydrogen-bond acceptors (Lipinski definition) is 7. The third-order valence-electron chi connectivity index (χ3n) is 4.07. The predicted octanol–water partition coefficient (Wildman–Crippen LogP) is 2.43. The van der Waals surface area contributed by atoms with E-state index in [2.05, 4.69) is 15.3 Å². The molecule has 0 radical (unpaired) electrons. The monoisotopic (exact) mass is 386 g/mol. The Hall–Kier alpha value is -3.82. The van der Waals surface area contributed by atoms with Crippen LogP contribution in [0.1, 0.15) is 16.2 Å². The first kappa shape index (κ1) is 19.0. The summed E-state index contributed by atoms with van der Waals surface area (Å²) in [5.74, 6) is 1.22. The van der Waals surface area contributed by atoms with Gasteiger partial charge in [0.1, 0.15) is 5.82 Å². The summed E-state index contributed by atoms with van der Waals surface area (Å²) in [6.45, 7) is 0.109. The molecule has 2 N–H and O–H groups in total. The van der Waals surface area contributed by atoms with E-state index in [1.54, 1.807) is 18.2 Å². The van der Waals surface area contributed by atoms with Gasteiger partial charge in [0, 0.05) is 17.7 Å². The molecule has 10 nitrogen and oxygen atoms in total. The molecule has 1 amide bonds. The molecule has 146 valence electrons. The van der Waals surface area contributed by atoms with E-state index in [9.17, 15) is 14.9 Å².